The van der Waals surface area contributed by atoms with Gasteiger partial charge in [-0.15, -0.1) is 0 Å². The number of carbonyl (C=O) groups is 2. The van der Waals surface area contributed by atoms with Gasteiger partial charge < -0.3 is 14.5 Å². The minimum atomic E-state index is -0.954. The van der Waals surface area contributed by atoms with Crippen molar-refractivity contribution in [1.29, 1.82) is 0 Å². The third kappa shape index (κ3) is 2.40. The number of H-pyrrole nitrogens is 1. The molecular weight excluding hydrogens is 240 g/mol. The molecule has 0 unspecified atom stereocenters. The second-order valence-electron chi connectivity index (χ2n) is 3.52. The van der Waals surface area contributed by atoms with Gasteiger partial charge in [-0.1, -0.05) is 6.07 Å². The van der Waals surface area contributed by atoms with Gasteiger partial charge in [0.25, 0.3) is 0 Å². The molecule has 0 atom stereocenters. The molecule has 0 saturated carbocycles. The van der Waals surface area contributed by atoms with E-state index in [0.717, 1.165) is 7.11 Å². The van der Waals surface area contributed by atoms with Crippen molar-refractivity contribution in [2.24, 2.45) is 0 Å². The smallest absolute Gasteiger partial charge is 0.417 e. The van der Waals surface area contributed by atoms with Crippen molar-refractivity contribution in [1.82, 2.24) is 10.3 Å². The van der Waals surface area contributed by atoms with Gasteiger partial charge in [-0.05, 0) is 17.7 Å². The number of oxazole rings is 1. The Bertz CT molecular complexity index is 655. The van der Waals surface area contributed by atoms with Crippen LogP contribution in [0.2, 0.25) is 0 Å². The van der Waals surface area contributed by atoms with Gasteiger partial charge >= 0.3 is 17.6 Å². The number of methoxy groups -OCH3 is 1. The quantitative estimate of drug-likeness (QED) is 0.573. The molecule has 0 aliphatic rings. The van der Waals surface area contributed by atoms with Crippen LogP contribution >= 0.6 is 0 Å². The van der Waals surface area contributed by atoms with Gasteiger partial charge in [0.1, 0.15) is 0 Å². The summed E-state index contributed by atoms with van der Waals surface area (Å²) in [5.41, 5.74) is 1.66. The number of benzene rings is 1. The standard InChI is InChI=1S/C11H10N2O5/c1-17-10(15)9(14)12-5-6-2-3-7-8(4-6)18-11(16)13-7/h2-4H,5H2,1H3,(H,12,14)(H,13,16). The van der Waals surface area contributed by atoms with Crippen LogP contribution in [0.5, 0.6) is 0 Å². The molecule has 2 aromatic rings. The van der Waals surface area contributed by atoms with Crippen molar-refractivity contribution in [2.45, 2.75) is 6.54 Å². The lowest BCUT2D eigenvalue weighted by Gasteiger charge is -2.03. The minimum absolute atomic E-state index is 0.138. The summed E-state index contributed by atoms with van der Waals surface area (Å²) in [6, 6.07) is 4.95. The number of hydrogen-bond acceptors (Lipinski definition) is 5. The molecule has 0 bridgehead atoms. The Balaban J connectivity index is 2.10. The van der Waals surface area contributed by atoms with Crippen LogP contribution in [-0.4, -0.2) is 24.0 Å². The van der Waals surface area contributed by atoms with E-state index in [1.807, 2.05) is 0 Å². The van der Waals surface area contributed by atoms with E-state index in [1.165, 1.54) is 0 Å². The molecule has 0 fully saturated rings. The molecule has 2 N–H and O–H groups in total. The van der Waals surface area contributed by atoms with E-state index in [4.69, 9.17) is 4.42 Å². The fourth-order valence-corrected chi connectivity index (χ4v) is 1.45. The van der Waals surface area contributed by atoms with Crippen LogP contribution in [0, 0.1) is 0 Å². The molecule has 1 aromatic heterocycles. The van der Waals surface area contributed by atoms with Crippen molar-refractivity contribution in [3.63, 3.8) is 0 Å². The van der Waals surface area contributed by atoms with Crippen LogP contribution in [0.15, 0.2) is 27.4 Å². The van der Waals surface area contributed by atoms with Gasteiger partial charge in [0.2, 0.25) is 0 Å². The van der Waals surface area contributed by atoms with Gasteiger partial charge in [-0.3, -0.25) is 9.78 Å². The summed E-state index contributed by atoms with van der Waals surface area (Å²) in [6.07, 6.45) is 0. The number of aromatic amines is 1. The van der Waals surface area contributed by atoms with Crippen LogP contribution in [-0.2, 0) is 20.9 Å². The van der Waals surface area contributed by atoms with Gasteiger partial charge in [0, 0.05) is 6.54 Å². The summed E-state index contributed by atoms with van der Waals surface area (Å²) < 4.78 is 9.13. The Hall–Kier alpha value is -2.57. The van der Waals surface area contributed by atoms with Crippen LogP contribution in [0.25, 0.3) is 11.1 Å². The maximum Gasteiger partial charge on any atom is 0.417 e. The predicted molar refractivity (Wildman–Crippen MR) is 60.7 cm³/mol. The zero-order valence-corrected chi connectivity index (χ0v) is 9.48. The fraction of sp³-hybridized carbons (Fsp3) is 0.182. The molecule has 1 aromatic carbocycles. The molecule has 0 saturated heterocycles. The molecule has 7 nitrogen and oxygen atoms in total. The molecule has 0 aliphatic carbocycles. The lowest BCUT2D eigenvalue weighted by molar-refractivity contribution is -0.152. The number of nitrogens with one attached hydrogen (secondary N) is 2. The third-order valence-corrected chi connectivity index (χ3v) is 2.31. The summed E-state index contributed by atoms with van der Waals surface area (Å²) in [5.74, 6) is -2.32. The highest BCUT2D eigenvalue weighted by molar-refractivity contribution is 6.32. The molecule has 18 heavy (non-hydrogen) atoms. The molecule has 7 heteroatoms. The highest BCUT2D eigenvalue weighted by atomic mass is 16.5. The Morgan fingerprint density at radius 1 is 1.44 bits per heavy atom. The SMILES string of the molecule is COC(=O)C(=O)NCc1ccc2[nH]c(=O)oc2c1. The van der Waals surface area contributed by atoms with E-state index in [9.17, 15) is 14.4 Å². The number of hydrogen-bond donors (Lipinski definition) is 2. The summed E-state index contributed by atoms with van der Waals surface area (Å²) in [5, 5.41) is 2.38. The Labute approximate surface area is 101 Å². The Morgan fingerprint density at radius 3 is 2.94 bits per heavy atom. The minimum Gasteiger partial charge on any atom is -0.462 e. The summed E-state index contributed by atoms with van der Waals surface area (Å²) in [6.45, 7) is 0.138. The van der Waals surface area contributed by atoms with Gasteiger partial charge in [-0.2, -0.15) is 0 Å². The van der Waals surface area contributed by atoms with Crippen molar-refractivity contribution in [2.75, 3.05) is 7.11 Å². The lowest BCUT2D eigenvalue weighted by Crippen LogP contribution is -2.31. The average Bonchev–Trinajstić information content (AvgIpc) is 2.74. The zero-order valence-electron chi connectivity index (χ0n) is 9.48. The largest absolute Gasteiger partial charge is 0.462 e. The van der Waals surface area contributed by atoms with Crippen LogP contribution in [0.3, 0.4) is 0 Å². The van der Waals surface area contributed by atoms with E-state index in [-0.39, 0.29) is 6.54 Å². The van der Waals surface area contributed by atoms with Gasteiger partial charge in [-0.25, -0.2) is 9.59 Å². The van der Waals surface area contributed by atoms with Crippen LogP contribution in [0.4, 0.5) is 0 Å². The number of fused-ring (bicyclic) bond motifs is 1. The molecule has 1 amide bonds. The number of esters is 1. The molecule has 0 radical (unpaired) electrons. The summed E-state index contributed by atoms with van der Waals surface area (Å²) in [7, 11) is 1.13. The maximum absolute atomic E-state index is 11.1. The summed E-state index contributed by atoms with van der Waals surface area (Å²) in [4.78, 5) is 35.4. The first kappa shape index (κ1) is 11.9. The molecular formula is C11H10N2O5. The molecule has 0 aliphatic heterocycles. The highest BCUT2D eigenvalue weighted by Crippen LogP contribution is 2.11. The second kappa shape index (κ2) is 4.74. The molecule has 0 spiro atoms. The van der Waals surface area contributed by atoms with Crippen molar-refractivity contribution in [3.8, 4) is 0 Å². The summed E-state index contributed by atoms with van der Waals surface area (Å²) >= 11 is 0. The zero-order chi connectivity index (χ0) is 13.1. The fourth-order valence-electron chi connectivity index (χ4n) is 1.45. The Kier molecular flexibility index (Phi) is 3.13. The molecule has 2 rings (SSSR count). The van der Waals surface area contributed by atoms with E-state index < -0.39 is 17.6 Å². The third-order valence-electron chi connectivity index (χ3n) is 2.31. The average molecular weight is 250 g/mol. The Morgan fingerprint density at radius 2 is 2.22 bits per heavy atom. The van der Waals surface area contributed by atoms with Crippen molar-refractivity contribution < 1.29 is 18.7 Å². The number of amides is 1. The first-order chi connectivity index (χ1) is 8.60. The highest BCUT2D eigenvalue weighted by Gasteiger charge is 2.12. The molecule has 1 heterocycles. The topological polar surface area (TPSA) is 101 Å². The monoisotopic (exact) mass is 250 g/mol. The van der Waals surface area contributed by atoms with Crippen molar-refractivity contribution in [3.05, 3.63) is 34.3 Å². The first-order valence-electron chi connectivity index (χ1n) is 5.08. The number of rotatable bonds is 2. The number of aromatic nitrogens is 1. The normalized spacial score (nSPS) is 10.3. The predicted octanol–water partition coefficient (Wildman–Crippen LogP) is -0.0897. The lowest BCUT2D eigenvalue weighted by atomic mass is 10.2. The van der Waals surface area contributed by atoms with E-state index in [1.54, 1.807) is 18.2 Å². The van der Waals surface area contributed by atoms with Crippen LogP contribution in [0.1, 0.15) is 5.56 Å². The first-order valence-corrected chi connectivity index (χ1v) is 5.08. The van der Waals surface area contributed by atoms with Crippen LogP contribution < -0.4 is 11.1 Å². The second-order valence-corrected chi connectivity index (χ2v) is 3.52. The number of carbonyl (C=O) groups excluding carboxylic acids is 2. The van der Waals surface area contributed by atoms with E-state index in [0.29, 0.717) is 16.7 Å². The number of ether oxygens (including phenoxy) is 1. The maximum atomic E-state index is 11.1. The van der Waals surface area contributed by atoms with E-state index in [2.05, 4.69) is 15.0 Å². The van der Waals surface area contributed by atoms with Gasteiger partial charge in [0.05, 0.1) is 12.6 Å². The van der Waals surface area contributed by atoms with E-state index >= 15 is 0 Å². The molecule has 94 valence electrons. The van der Waals surface area contributed by atoms with Crippen molar-refractivity contribution >= 4 is 23.0 Å². The van der Waals surface area contributed by atoms with Gasteiger partial charge in [0.15, 0.2) is 5.58 Å².